The van der Waals surface area contributed by atoms with Gasteiger partial charge in [0.05, 0.1) is 23.2 Å². The first-order valence-electron chi connectivity index (χ1n) is 8.30. The number of fused-ring (bicyclic) bond motifs is 3. The number of aromatic nitrogens is 1. The summed E-state index contributed by atoms with van der Waals surface area (Å²) < 4.78 is 7.60. The predicted molar refractivity (Wildman–Crippen MR) is 104 cm³/mol. The molecular weight excluding hydrogens is 344 g/mol. The van der Waals surface area contributed by atoms with Gasteiger partial charge in [-0.2, -0.15) is 5.11 Å². The Balaban J connectivity index is 1.80. The third-order valence-corrected chi connectivity index (χ3v) is 4.55. The Bertz CT molecular complexity index is 1190. The number of ether oxygens (including phenoxy) is 1. The lowest BCUT2D eigenvalue weighted by atomic mass is 10.1. The van der Waals surface area contributed by atoms with E-state index in [0.29, 0.717) is 17.1 Å². The SMILES string of the molecule is COc1cc2c(cc1N=Nc1ccc([N+](=O)[O-])cc1)c1ccccc1n2C. The molecule has 0 saturated heterocycles. The van der Waals surface area contributed by atoms with Crippen LogP contribution in [0, 0.1) is 10.1 Å². The highest BCUT2D eigenvalue weighted by Crippen LogP contribution is 2.38. The Morgan fingerprint density at radius 2 is 1.70 bits per heavy atom. The Labute approximate surface area is 154 Å². The van der Waals surface area contributed by atoms with E-state index in [0.717, 1.165) is 21.8 Å². The van der Waals surface area contributed by atoms with E-state index in [1.165, 1.54) is 12.1 Å². The monoisotopic (exact) mass is 360 g/mol. The van der Waals surface area contributed by atoms with E-state index in [1.54, 1.807) is 19.2 Å². The van der Waals surface area contributed by atoms with Gasteiger partial charge in [0.1, 0.15) is 11.4 Å². The van der Waals surface area contributed by atoms with E-state index in [1.807, 2.05) is 31.3 Å². The quantitative estimate of drug-likeness (QED) is 0.267. The highest BCUT2D eigenvalue weighted by atomic mass is 16.6. The van der Waals surface area contributed by atoms with E-state index in [2.05, 4.69) is 26.9 Å². The number of azo groups is 1. The summed E-state index contributed by atoms with van der Waals surface area (Å²) in [5.74, 6) is 0.610. The van der Waals surface area contributed by atoms with Gasteiger partial charge in [-0.15, -0.1) is 5.11 Å². The molecule has 0 atom stereocenters. The Morgan fingerprint density at radius 3 is 2.41 bits per heavy atom. The van der Waals surface area contributed by atoms with Crippen molar-refractivity contribution in [1.29, 1.82) is 0 Å². The van der Waals surface area contributed by atoms with Gasteiger partial charge in [-0.1, -0.05) is 18.2 Å². The fraction of sp³-hybridized carbons (Fsp3) is 0.100. The maximum atomic E-state index is 10.7. The van der Waals surface area contributed by atoms with Gasteiger partial charge >= 0.3 is 0 Å². The van der Waals surface area contributed by atoms with Crippen LogP contribution in [-0.2, 0) is 7.05 Å². The van der Waals surface area contributed by atoms with Crippen molar-refractivity contribution >= 4 is 38.9 Å². The second kappa shape index (κ2) is 6.53. The number of nitro benzene ring substituents is 1. The van der Waals surface area contributed by atoms with Crippen molar-refractivity contribution in [1.82, 2.24) is 4.57 Å². The number of rotatable bonds is 4. The standard InChI is InChI=1S/C20H16N4O3/c1-23-18-6-4-3-5-15(18)16-11-17(20(27-2)12-19(16)23)22-21-13-7-9-14(10-8-13)24(25)26/h3-12H,1-2H3. The van der Waals surface area contributed by atoms with Gasteiger partial charge < -0.3 is 9.30 Å². The molecule has 27 heavy (non-hydrogen) atoms. The first-order chi connectivity index (χ1) is 13.1. The van der Waals surface area contributed by atoms with Crippen molar-refractivity contribution in [2.24, 2.45) is 17.3 Å². The van der Waals surface area contributed by atoms with Gasteiger partial charge in [0.2, 0.25) is 0 Å². The molecule has 0 radical (unpaired) electrons. The van der Waals surface area contributed by atoms with Crippen LogP contribution in [0.2, 0.25) is 0 Å². The second-order valence-corrected chi connectivity index (χ2v) is 6.09. The number of aryl methyl sites for hydroxylation is 1. The van der Waals surface area contributed by atoms with Crippen LogP contribution < -0.4 is 4.74 Å². The molecule has 0 aliphatic carbocycles. The first kappa shape index (κ1) is 16.7. The van der Waals surface area contributed by atoms with Crippen molar-refractivity contribution in [2.45, 2.75) is 0 Å². The summed E-state index contributed by atoms with van der Waals surface area (Å²) in [6, 6.07) is 18.0. The molecule has 3 aromatic carbocycles. The topological polar surface area (TPSA) is 82.0 Å². The van der Waals surface area contributed by atoms with Crippen molar-refractivity contribution in [2.75, 3.05) is 7.11 Å². The summed E-state index contributed by atoms with van der Waals surface area (Å²) in [5, 5.41) is 21.4. The summed E-state index contributed by atoms with van der Waals surface area (Å²) in [7, 11) is 3.61. The van der Waals surface area contributed by atoms with E-state index >= 15 is 0 Å². The molecule has 0 saturated carbocycles. The third-order valence-electron chi connectivity index (χ3n) is 4.55. The number of benzene rings is 3. The van der Waals surface area contributed by atoms with Gasteiger partial charge in [0.25, 0.3) is 5.69 Å². The fourth-order valence-electron chi connectivity index (χ4n) is 3.17. The lowest BCUT2D eigenvalue weighted by Gasteiger charge is -2.05. The highest BCUT2D eigenvalue weighted by molar-refractivity contribution is 6.09. The van der Waals surface area contributed by atoms with Gasteiger partial charge in [0.15, 0.2) is 0 Å². The molecule has 0 fully saturated rings. The maximum absolute atomic E-state index is 10.7. The summed E-state index contributed by atoms with van der Waals surface area (Å²) in [6.07, 6.45) is 0. The van der Waals surface area contributed by atoms with Gasteiger partial charge in [-0.3, -0.25) is 10.1 Å². The van der Waals surface area contributed by atoms with E-state index in [4.69, 9.17) is 4.74 Å². The number of nitrogens with zero attached hydrogens (tertiary/aromatic N) is 4. The predicted octanol–water partition coefficient (Wildman–Crippen LogP) is 5.66. The molecule has 1 aromatic heterocycles. The number of non-ortho nitro benzene ring substituents is 1. The van der Waals surface area contributed by atoms with Crippen LogP contribution >= 0.6 is 0 Å². The Kier molecular flexibility index (Phi) is 4.04. The number of hydrogen-bond donors (Lipinski definition) is 0. The molecule has 7 heteroatoms. The molecule has 1 heterocycles. The average molecular weight is 360 g/mol. The Hall–Kier alpha value is -3.74. The summed E-state index contributed by atoms with van der Waals surface area (Å²) >= 11 is 0. The van der Waals surface area contributed by atoms with E-state index in [9.17, 15) is 10.1 Å². The normalized spacial score (nSPS) is 11.5. The number of para-hydroxylation sites is 1. The van der Waals surface area contributed by atoms with Gasteiger partial charge in [0, 0.05) is 41.5 Å². The third kappa shape index (κ3) is 2.89. The largest absolute Gasteiger partial charge is 0.494 e. The van der Waals surface area contributed by atoms with Crippen molar-refractivity contribution in [3.8, 4) is 5.75 Å². The highest BCUT2D eigenvalue weighted by Gasteiger charge is 2.12. The lowest BCUT2D eigenvalue weighted by molar-refractivity contribution is -0.384. The van der Waals surface area contributed by atoms with Crippen molar-refractivity contribution < 1.29 is 9.66 Å². The van der Waals surface area contributed by atoms with Gasteiger partial charge in [-0.25, -0.2) is 0 Å². The van der Waals surface area contributed by atoms with Crippen LogP contribution in [0.25, 0.3) is 21.8 Å². The summed E-state index contributed by atoms with van der Waals surface area (Å²) in [5.41, 5.74) is 3.31. The molecule has 4 rings (SSSR count). The van der Waals surface area contributed by atoms with Crippen molar-refractivity contribution in [3.63, 3.8) is 0 Å². The molecule has 0 amide bonds. The molecular formula is C20H16N4O3. The van der Waals surface area contributed by atoms with Gasteiger partial charge in [-0.05, 0) is 24.3 Å². The minimum Gasteiger partial charge on any atom is -0.494 e. The molecule has 0 bridgehead atoms. The molecule has 134 valence electrons. The average Bonchev–Trinajstić information content (AvgIpc) is 2.98. The maximum Gasteiger partial charge on any atom is 0.269 e. The zero-order valence-corrected chi connectivity index (χ0v) is 14.8. The Morgan fingerprint density at radius 1 is 0.963 bits per heavy atom. The molecule has 0 spiro atoms. The lowest BCUT2D eigenvalue weighted by Crippen LogP contribution is -1.88. The molecule has 4 aromatic rings. The second-order valence-electron chi connectivity index (χ2n) is 6.09. The summed E-state index contributed by atoms with van der Waals surface area (Å²) in [4.78, 5) is 10.3. The zero-order valence-electron chi connectivity index (χ0n) is 14.8. The number of nitro groups is 1. The van der Waals surface area contributed by atoms with Crippen LogP contribution in [0.5, 0.6) is 5.75 Å². The van der Waals surface area contributed by atoms with E-state index in [-0.39, 0.29) is 5.69 Å². The zero-order chi connectivity index (χ0) is 19.0. The molecule has 0 aliphatic heterocycles. The first-order valence-corrected chi connectivity index (χ1v) is 8.30. The fourth-order valence-corrected chi connectivity index (χ4v) is 3.17. The van der Waals surface area contributed by atoms with Crippen molar-refractivity contribution in [3.05, 3.63) is 70.8 Å². The minimum absolute atomic E-state index is 0.0173. The van der Waals surface area contributed by atoms with Crippen LogP contribution in [0.15, 0.2) is 70.9 Å². The van der Waals surface area contributed by atoms with Crippen LogP contribution in [0.4, 0.5) is 17.1 Å². The van der Waals surface area contributed by atoms with E-state index < -0.39 is 4.92 Å². The molecule has 0 N–H and O–H groups in total. The molecule has 0 unspecified atom stereocenters. The smallest absolute Gasteiger partial charge is 0.269 e. The van der Waals surface area contributed by atoms with Crippen LogP contribution in [0.3, 0.4) is 0 Å². The summed E-state index contributed by atoms with van der Waals surface area (Å²) in [6.45, 7) is 0. The number of methoxy groups -OCH3 is 1. The minimum atomic E-state index is -0.446. The van der Waals surface area contributed by atoms with Crippen LogP contribution in [-0.4, -0.2) is 16.6 Å². The molecule has 7 nitrogen and oxygen atoms in total. The number of hydrogen-bond acceptors (Lipinski definition) is 5. The molecule has 0 aliphatic rings. The van der Waals surface area contributed by atoms with Crippen LogP contribution in [0.1, 0.15) is 0 Å².